The molecule has 30 heavy (non-hydrogen) atoms. The highest BCUT2D eigenvalue weighted by Crippen LogP contribution is 2.23. The van der Waals surface area contributed by atoms with Gasteiger partial charge in [-0.15, -0.1) is 0 Å². The van der Waals surface area contributed by atoms with Gasteiger partial charge in [0.2, 0.25) is 11.8 Å². The number of piperidine rings is 1. The second kappa shape index (κ2) is 10.3. The van der Waals surface area contributed by atoms with Crippen LogP contribution in [0, 0.1) is 5.92 Å². The lowest BCUT2D eigenvalue weighted by molar-refractivity contribution is -0.119. The number of carbonyl (C=O) groups excluding carboxylic acids is 2. The SMILES string of the molecule is CC(C)C[C@H](Nc1cccc(CN)c1)C(=O)Nc1ccc(N2CCCCC2=O)cc1. The van der Waals surface area contributed by atoms with Gasteiger partial charge in [-0.1, -0.05) is 26.0 Å². The number of anilines is 3. The average molecular weight is 409 g/mol. The molecule has 6 heteroatoms. The zero-order chi connectivity index (χ0) is 21.5. The number of carbonyl (C=O) groups is 2. The van der Waals surface area contributed by atoms with E-state index >= 15 is 0 Å². The topological polar surface area (TPSA) is 87.5 Å². The van der Waals surface area contributed by atoms with E-state index in [2.05, 4.69) is 24.5 Å². The predicted octanol–water partition coefficient (Wildman–Crippen LogP) is 4.13. The molecule has 0 unspecified atom stereocenters. The highest BCUT2D eigenvalue weighted by atomic mass is 16.2. The quantitative estimate of drug-likeness (QED) is 0.613. The molecule has 0 bridgehead atoms. The molecular weight excluding hydrogens is 376 g/mol. The maximum absolute atomic E-state index is 13.0. The van der Waals surface area contributed by atoms with Gasteiger partial charge in [-0.05, 0) is 67.1 Å². The second-order valence-electron chi connectivity index (χ2n) is 8.27. The fourth-order valence-electron chi connectivity index (χ4n) is 3.73. The molecule has 1 saturated heterocycles. The molecule has 1 atom stereocenters. The Kier molecular flexibility index (Phi) is 7.46. The molecule has 2 amide bonds. The van der Waals surface area contributed by atoms with Gasteiger partial charge in [-0.2, -0.15) is 0 Å². The largest absolute Gasteiger partial charge is 0.374 e. The number of nitrogens with two attached hydrogens (primary N) is 1. The Bertz CT molecular complexity index is 864. The maximum Gasteiger partial charge on any atom is 0.246 e. The van der Waals surface area contributed by atoms with Gasteiger partial charge in [0.1, 0.15) is 6.04 Å². The van der Waals surface area contributed by atoms with Crippen molar-refractivity contribution < 1.29 is 9.59 Å². The first-order chi connectivity index (χ1) is 14.5. The van der Waals surface area contributed by atoms with Crippen LogP contribution < -0.4 is 21.3 Å². The fraction of sp³-hybridized carbons (Fsp3) is 0.417. The number of nitrogens with one attached hydrogen (secondary N) is 2. The summed E-state index contributed by atoms with van der Waals surface area (Å²) in [7, 11) is 0. The van der Waals surface area contributed by atoms with Crippen molar-refractivity contribution in [1.29, 1.82) is 0 Å². The Morgan fingerprint density at radius 2 is 1.87 bits per heavy atom. The van der Waals surface area contributed by atoms with Crippen LogP contribution in [0.15, 0.2) is 48.5 Å². The smallest absolute Gasteiger partial charge is 0.246 e. The molecule has 160 valence electrons. The van der Waals surface area contributed by atoms with Gasteiger partial charge in [0.05, 0.1) is 0 Å². The lowest BCUT2D eigenvalue weighted by Gasteiger charge is -2.27. The minimum absolute atomic E-state index is 0.0800. The number of amides is 2. The van der Waals surface area contributed by atoms with Gasteiger partial charge < -0.3 is 21.3 Å². The van der Waals surface area contributed by atoms with Crippen molar-refractivity contribution in [3.8, 4) is 0 Å². The molecule has 1 heterocycles. The van der Waals surface area contributed by atoms with Crippen molar-refractivity contribution in [2.24, 2.45) is 11.7 Å². The van der Waals surface area contributed by atoms with E-state index in [0.29, 0.717) is 25.3 Å². The van der Waals surface area contributed by atoms with Crippen LogP contribution in [0.3, 0.4) is 0 Å². The van der Waals surface area contributed by atoms with Crippen LogP contribution in [0.1, 0.15) is 45.1 Å². The van der Waals surface area contributed by atoms with Gasteiger partial charge in [0.25, 0.3) is 0 Å². The molecule has 3 rings (SSSR count). The Balaban J connectivity index is 1.68. The van der Waals surface area contributed by atoms with Crippen LogP contribution in [0.2, 0.25) is 0 Å². The lowest BCUT2D eigenvalue weighted by Crippen LogP contribution is -2.36. The van der Waals surface area contributed by atoms with Crippen molar-refractivity contribution in [1.82, 2.24) is 0 Å². The van der Waals surface area contributed by atoms with Crippen molar-refractivity contribution >= 4 is 28.9 Å². The van der Waals surface area contributed by atoms with Gasteiger partial charge in [0.15, 0.2) is 0 Å². The third-order valence-electron chi connectivity index (χ3n) is 5.30. The number of benzene rings is 2. The van der Waals surface area contributed by atoms with Gasteiger partial charge >= 0.3 is 0 Å². The molecule has 1 fully saturated rings. The molecule has 0 spiro atoms. The highest BCUT2D eigenvalue weighted by molar-refractivity contribution is 5.97. The Morgan fingerprint density at radius 3 is 2.53 bits per heavy atom. The summed E-state index contributed by atoms with van der Waals surface area (Å²) in [6.45, 7) is 5.42. The zero-order valence-corrected chi connectivity index (χ0v) is 17.9. The highest BCUT2D eigenvalue weighted by Gasteiger charge is 2.21. The monoisotopic (exact) mass is 408 g/mol. The van der Waals surface area contributed by atoms with Crippen LogP contribution in [0.4, 0.5) is 17.1 Å². The maximum atomic E-state index is 13.0. The van der Waals surface area contributed by atoms with E-state index in [0.717, 1.165) is 42.0 Å². The molecule has 2 aromatic rings. The van der Waals surface area contributed by atoms with Gasteiger partial charge in [-0.25, -0.2) is 0 Å². The number of hydrogen-bond acceptors (Lipinski definition) is 4. The zero-order valence-electron chi connectivity index (χ0n) is 17.9. The first-order valence-electron chi connectivity index (χ1n) is 10.7. The Hall–Kier alpha value is -2.86. The molecule has 0 radical (unpaired) electrons. The first kappa shape index (κ1) is 21.8. The molecule has 0 saturated carbocycles. The summed E-state index contributed by atoms with van der Waals surface area (Å²) >= 11 is 0. The third kappa shape index (κ3) is 5.83. The van der Waals surface area contributed by atoms with Crippen molar-refractivity contribution in [2.75, 3.05) is 22.1 Å². The normalized spacial score (nSPS) is 15.2. The summed E-state index contributed by atoms with van der Waals surface area (Å²) < 4.78 is 0. The summed E-state index contributed by atoms with van der Waals surface area (Å²) in [5, 5.41) is 6.36. The molecule has 6 nitrogen and oxygen atoms in total. The molecule has 0 aromatic heterocycles. The Morgan fingerprint density at radius 1 is 1.10 bits per heavy atom. The minimum Gasteiger partial charge on any atom is -0.374 e. The van der Waals surface area contributed by atoms with Gasteiger partial charge in [-0.3, -0.25) is 9.59 Å². The van der Waals surface area contributed by atoms with E-state index in [1.54, 1.807) is 0 Å². The summed E-state index contributed by atoms with van der Waals surface area (Å²) in [4.78, 5) is 26.9. The lowest BCUT2D eigenvalue weighted by atomic mass is 10.0. The van der Waals surface area contributed by atoms with Crippen LogP contribution in [0.5, 0.6) is 0 Å². The van der Waals surface area contributed by atoms with Crippen molar-refractivity contribution in [2.45, 2.75) is 52.1 Å². The van der Waals surface area contributed by atoms with Crippen LogP contribution in [0.25, 0.3) is 0 Å². The summed E-state index contributed by atoms with van der Waals surface area (Å²) in [5.41, 5.74) is 9.25. The summed E-state index contributed by atoms with van der Waals surface area (Å²) in [6, 6.07) is 15.0. The fourth-order valence-corrected chi connectivity index (χ4v) is 3.73. The average Bonchev–Trinajstić information content (AvgIpc) is 2.74. The van der Waals surface area contributed by atoms with E-state index in [9.17, 15) is 9.59 Å². The van der Waals surface area contributed by atoms with E-state index in [-0.39, 0.29) is 17.9 Å². The van der Waals surface area contributed by atoms with E-state index in [1.165, 1.54) is 0 Å². The minimum atomic E-state index is -0.360. The molecular formula is C24H32N4O2. The molecule has 1 aliphatic rings. The van der Waals surface area contributed by atoms with Crippen LogP contribution >= 0.6 is 0 Å². The van der Waals surface area contributed by atoms with Gasteiger partial charge in [0, 0.05) is 36.6 Å². The van der Waals surface area contributed by atoms with Crippen LogP contribution in [-0.4, -0.2) is 24.4 Å². The number of hydrogen-bond donors (Lipinski definition) is 3. The molecule has 0 aliphatic carbocycles. The summed E-state index contributed by atoms with van der Waals surface area (Å²) in [6.07, 6.45) is 3.30. The summed E-state index contributed by atoms with van der Waals surface area (Å²) in [5.74, 6) is 0.445. The number of nitrogens with zero attached hydrogens (tertiary/aromatic N) is 1. The van der Waals surface area contributed by atoms with E-state index in [4.69, 9.17) is 5.73 Å². The van der Waals surface area contributed by atoms with E-state index in [1.807, 2.05) is 53.4 Å². The molecule has 1 aliphatic heterocycles. The van der Waals surface area contributed by atoms with Crippen molar-refractivity contribution in [3.63, 3.8) is 0 Å². The van der Waals surface area contributed by atoms with Crippen molar-refractivity contribution in [3.05, 3.63) is 54.1 Å². The Labute approximate surface area is 178 Å². The van der Waals surface area contributed by atoms with Crippen LogP contribution in [-0.2, 0) is 16.1 Å². The predicted molar refractivity (Wildman–Crippen MR) is 122 cm³/mol. The standard InChI is InChI=1S/C24H32N4O2/c1-17(2)14-22(26-20-7-5-6-18(15-20)16-25)24(30)27-19-9-11-21(12-10-19)28-13-4-3-8-23(28)29/h5-7,9-12,15,17,22,26H,3-4,8,13-14,16,25H2,1-2H3,(H,27,30)/t22-/m0/s1. The molecule has 2 aromatic carbocycles. The molecule has 4 N–H and O–H groups in total. The first-order valence-corrected chi connectivity index (χ1v) is 10.7. The third-order valence-corrected chi connectivity index (χ3v) is 5.30. The second-order valence-corrected chi connectivity index (χ2v) is 8.27. The number of rotatable bonds is 8. The van der Waals surface area contributed by atoms with E-state index < -0.39 is 0 Å².